The zero-order chi connectivity index (χ0) is 12.1. The van der Waals surface area contributed by atoms with Crippen molar-refractivity contribution in [3.63, 3.8) is 0 Å². The summed E-state index contributed by atoms with van der Waals surface area (Å²) in [5.41, 5.74) is 10.5. The second kappa shape index (κ2) is 5.51. The van der Waals surface area contributed by atoms with E-state index in [4.69, 9.17) is 5.73 Å². The lowest BCUT2D eigenvalue weighted by atomic mass is 10.1. The van der Waals surface area contributed by atoms with Crippen LogP contribution in [-0.4, -0.2) is 0 Å². The maximum absolute atomic E-state index is 5.62. The molecule has 2 heteroatoms. The molecule has 2 rings (SSSR count). The Bertz CT molecular complexity index is 492. The van der Waals surface area contributed by atoms with Gasteiger partial charge in [-0.05, 0) is 30.2 Å². The Hall–Kier alpha value is -1.80. The Kier molecular flexibility index (Phi) is 3.78. The largest absolute Gasteiger partial charge is 0.381 e. The molecule has 0 aliphatic heterocycles. The highest BCUT2D eigenvalue weighted by Crippen LogP contribution is 2.12. The van der Waals surface area contributed by atoms with Gasteiger partial charge in [0.2, 0.25) is 0 Å². The highest BCUT2D eigenvalue weighted by molar-refractivity contribution is 5.46. The van der Waals surface area contributed by atoms with Crippen molar-refractivity contribution < 1.29 is 0 Å². The molecule has 0 unspecified atom stereocenters. The average molecular weight is 226 g/mol. The Balaban J connectivity index is 2.02. The van der Waals surface area contributed by atoms with E-state index >= 15 is 0 Å². The second-order valence-electron chi connectivity index (χ2n) is 4.25. The highest BCUT2D eigenvalue weighted by Gasteiger charge is 1.96. The molecule has 0 fully saturated rings. The fourth-order valence-electron chi connectivity index (χ4n) is 1.83. The molecule has 0 radical (unpaired) electrons. The SMILES string of the molecule is Cc1cccc(CNc2cccc(CN)c2)c1. The number of hydrogen-bond acceptors (Lipinski definition) is 2. The van der Waals surface area contributed by atoms with Crippen molar-refractivity contribution in [2.75, 3.05) is 5.32 Å². The molecule has 0 heterocycles. The van der Waals surface area contributed by atoms with Gasteiger partial charge in [0.25, 0.3) is 0 Å². The van der Waals surface area contributed by atoms with Crippen LogP contribution in [0.25, 0.3) is 0 Å². The van der Waals surface area contributed by atoms with Gasteiger partial charge < -0.3 is 11.1 Å². The molecule has 0 saturated carbocycles. The first-order valence-corrected chi connectivity index (χ1v) is 5.86. The van der Waals surface area contributed by atoms with E-state index in [0.29, 0.717) is 6.54 Å². The van der Waals surface area contributed by atoms with E-state index in [9.17, 15) is 0 Å². The van der Waals surface area contributed by atoms with E-state index in [-0.39, 0.29) is 0 Å². The fourth-order valence-corrected chi connectivity index (χ4v) is 1.83. The Morgan fingerprint density at radius 1 is 1.00 bits per heavy atom. The van der Waals surface area contributed by atoms with Gasteiger partial charge in [0.05, 0.1) is 0 Å². The van der Waals surface area contributed by atoms with Gasteiger partial charge in [0.15, 0.2) is 0 Å². The van der Waals surface area contributed by atoms with Gasteiger partial charge >= 0.3 is 0 Å². The van der Waals surface area contributed by atoms with E-state index in [1.807, 2.05) is 12.1 Å². The predicted octanol–water partition coefficient (Wildman–Crippen LogP) is 3.07. The molecule has 2 nitrogen and oxygen atoms in total. The van der Waals surface area contributed by atoms with Gasteiger partial charge in [-0.2, -0.15) is 0 Å². The van der Waals surface area contributed by atoms with Crippen LogP contribution in [0.1, 0.15) is 16.7 Å². The highest BCUT2D eigenvalue weighted by atomic mass is 14.9. The summed E-state index contributed by atoms with van der Waals surface area (Å²) < 4.78 is 0. The molecule has 0 aromatic heterocycles. The topological polar surface area (TPSA) is 38.0 Å². The number of nitrogens with two attached hydrogens (primary N) is 1. The van der Waals surface area contributed by atoms with E-state index in [1.54, 1.807) is 0 Å². The minimum Gasteiger partial charge on any atom is -0.381 e. The first-order chi connectivity index (χ1) is 8.28. The fraction of sp³-hybridized carbons (Fsp3) is 0.200. The van der Waals surface area contributed by atoms with Crippen LogP contribution in [-0.2, 0) is 13.1 Å². The summed E-state index contributed by atoms with van der Waals surface area (Å²) in [6.07, 6.45) is 0. The molecule has 88 valence electrons. The van der Waals surface area contributed by atoms with Crippen LogP contribution >= 0.6 is 0 Å². The van der Waals surface area contributed by atoms with E-state index < -0.39 is 0 Å². The standard InChI is InChI=1S/C15H18N2/c1-12-4-2-6-14(8-12)11-17-15-7-3-5-13(9-15)10-16/h2-9,17H,10-11,16H2,1H3. The smallest absolute Gasteiger partial charge is 0.0400 e. The zero-order valence-corrected chi connectivity index (χ0v) is 10.1. The van der Waals surface area contributed by atoms with Gasteiger partial charge in [-0.3, -0.25) is 0 Å². The van der Waals surface area contributed by atoms with Crippen molar-refractivity contribution in [2.45, 2.75) is 20.0 Å². The Morgan fingerprint density at radius 3 is 2.53 bits per heavy atom. The number of aryl methyl sites for hydroxylation is 1. The van der Waals surface area contributed by atoms with Crippen LogP contribution in [0, 0.1) is 6.92 Å². The van der Waals surface area contributed by atoms with Gasteiger partial charge in [-0.25, -0.2) is 0 Å². The van der Waals surface area contributed by atoms with Crippen molar-refractivity contribution in [3.05, 3.63) is 65.2 Å². The maximum Gasteiger partial charge on any atom is 0.0400 e. The molecule has 0 aliphatic carbocycles. The molecule has 0 saturated heterocycles. The van der Waals surface area contributed by atoms with E-state index in [0.717, 1.165) is 17.8 Å². The second-order valence-corrected chi connectivity index (χ2v) is 4.25. The normalized spacial score (nSPS) is 10.2. The molecule has 3 N–H and O–H groups in total. The van der Waals surface area contributed by atoms with Gasteiger partial charge in [-0.1, -0.05) is 42.0 Å². The molecule has 0 atom stereocenters. The third-order valence-electron chi connectivity index (χ3n) is 2.74. The molecular formula is C15H18N2. The molecule has 0 spiro atoms. The van der Waals surface area contributed by atoms with E-state index in [2.05, 4.69) is 48.6 Å². The number of anilines is 1. The zero-order valence-electron chi connectivity index (χ0n) is 10.1. The summed E-state index contributed by atoms with van der Waals surface area (Å²) >= 11 is 0. The van der Waals surface area contributed by atoms with Crippen molar-refractivity contribution in [1.29, 1.82) is 0 Å². The maximum atomic E-state index is 5.62. The summed E-state index contributed by atoms with van der Waals surface area (Å²) in [7, 11) is 0. The van der Waals surface area contributed by atoms with Crippen molar-refractivity contribution in [1.82, 2.24) is 0 Å². The van der Waals surface area contributed by atoms with Gasteiger partial charge in [0.1, 0.15) is 0 Å². The monoisotopic (exact) mass is 226 g/mol. The number of nitrogens with one attached hydrogen (secondary N) is 1. The first-order valence-electron chi connectivity index (χ1n) is 5.86. The lowest BCUT2D eigenvalue weighted by Gasteiger charge is -2.08. The van der Waals surface area contributed by atoms with Gasteiger partial charge in [-0.15, -0.1) is 0 Å². The van der Waals surface area contributed by atoms with Gasteiger partial charge in [0, 0.05) is 18.8 Å². The van der Waals surface area contributed by atoms with Crippen molar-refractivity contribution in [3.8, 4) is 0 Å². The van der Waals surface area contributed by atoms with Crippen LogP contribution in [0.3, 0.4) is 0 Å². The number of rotatable bonds is 4. The molecule has 0 aliphatic rings. The van der Waals surface area contributed by atoms with Crippen LogP contribution in [0.2, 0.25) is 0 Å². The van der Waals surface area contributed by atoms with Crippen LogP contribution < -0.4 is 11.1 Å². The van der Waals surface area contributed by atoms with Crippen LogP contribution in [0.4, 0.5) is 5.69 Å². The summed E-state index contributed by atoms with van der Waals surface area (Å²) in [6.45, 7) is 3.54. The van der Waals surface area contributed by atoms with Crippen LogP contribution in [0.5, 0.6) is 0 Å². The van der Waals surface area contributed by atoms with Crippen molar-refractivity contribution >= 4 is 5.69 Å². The Labute approximate surface area is 102 Å². The summed E-state index contributed by atoms with van der Waals surface area (Å²) in [5.74, 6) is 0. The van der Waals surface area contributed by atoms with E-state index in [1.165, 1.54) is 11.1 Å². The number of benzene rings is 2. The molecule has 0 bridgehead atoms. The quantitative estimate of drug-likeness (QED) is 0.840. The summed E-state index contributed by atoms with van der Waals surface area (Å²) in [5, 5.41) is 3.41. The lowest BCUT2D eigenvalue weighted by Crippen LogP contribution is -2.01. The van der Waals surface area contributed by atoms with Crippen LogP contribution in [0.15, 0.2) is 48.5 Å². The number of hydrogen-bond donors (Lipinski definition) is 2. The summed E-state index contributed by atoms with van der Waals surface area (Å²) in [4.78, 5) is 0. The molecular weight excluding hydrogens is 208 g/mol. The first kappa shape index (κ1) is 11.7. The molecule has 2 aromatic carbocycles. The molecule has 0 amide bonds. The lowest BCUT2D eigenvalue weighted by molar-refractivity contribution is 1.06. The third-order valence-corrected chi connectivity index (χ3v) is 2.74. The average Bonchev–Trinajstić information content (AvgIpc) is 2.37. The summed E-state index contributed by atoms with van der Waals surface area (Å²) in [6, 6.07) is 16.7. The molecule has 17 heavy (non-hydrogen) atoms. The van der Waals surface area contributed by atoms with Crippen molar-refractivity contribution in [2.24, 2.45) is 5.73 Å². The minimum absolute atomic E-state index is 0.583. The Morgan fingerprint density at radius 2 is 1.76 bits per heavy atom. The minimum atomic E-state index is 0.583. The third kappa shape index (κ3) is 3.33. The predicted molar refractivity (Wildman–Crippen MR) is 72.8 cm³/mol. The molecule has 2 aromatic rings.